The topological polar surface area (TPSA) is 225 Å². The zero-order valence-electron chi connectivity index (χ0n) is 36.5. The van der Waals surface area contributed by atoms with Crippen LogP contribution in [0.1, 0.15) is 86.3 Å². The number of urea groups is 1. The number of imide groups is 1. The number of alkyl carbamates (subject to hydrolysis) is 1. The number of rotatable bonds is 19. The van der Waals surface area contributed by atoms with E-state index in [1.54, 1.807) is 69.3 Å². The summed E-state index contributed by atoms with van der Waals surface area (Å²) in [5.74, 6) is -2.92. The molecule has 60 heavy (non-hydrogen) atoms. The molecule has 2 aromatic rings. The van der Waals surface area contributed by atoms with Crippen molar-refractivity contribution in [1.82, 2.24) is 20.9 Å². The number of ether oxygens (including phenoxy) is 3. The fourth-order valence-corrected chi connectivity index (χ4v) is 6.72. The lowest BCUT2D eigenvalue weighted by Crippen LogP contribution is -2.53. The summed E-state index contributed by atoms with van der Waals surface area (Å²) < 4.78 is 16.3. The maximum absolute atomic E-state index is 13.8. The van der Waals surface area contributed by atoms with E-state index < -0.39 is 64.1 Å². The number of hydrogen-bond donors (Lipinski definition) is 5. The molecule has 0 aromatic heterocycles. The first kappa shape index (κ1) is 48.9. The van der Waals surface area contributed by atoms with E-state index in [9.17, 15) is 33.6 Å². The predicted molar refractivity (Wildman–Crippen MR) is 225 cm³/mol. The Hall–Kier alpha value is -5.51. The van der Waals surface area contributed by atoms with E-state index >= 15 is 0 Å². The molecule has 16 nitrogen and oxygen atoms in total. The summed E-state index contributed by atoms with van der Waals surface area (Å²) in [6, 6.07) is 12.7. The average Bonchev–Trinajstić information content (AvgIpc) is 3.42. The molecule has 1 aliphatic heterocycles. The number of nitrogens with zero attached hydrogens (tertiary/aromatic N) is 1. The van der Waals surface area contributed by atoms with Crippen LogP contribution in [0.3, 0.4) is 0 Å². The van der Waals surface area contributed by atoms with E-state index in [0.717, 1.165) is 5.56 Å². The van der Waals surface area contributed by atoms with Gasteiger partial charge in [0.2, 0.25) is 23.6 Å². The highest BCUT2D eigenvalue weighted by molar-refractivity contribution is 6.06. The number of anilines is 1. The van der Waals surface area contributed by atoms with Crippen LogP contribution in [0.5, 0.6) is 0 Å². The van der Waals surface area contributed by atoms with Crippen LogP contribution in [0.15, 0.2) is 54.6 Å². The molecule has 0 spiro atoms. The molecule has 2 aromatic carbocycles. The van der Waals surface area contributed by atoms with Crippen molar-refractivity contribution < 1.29 is 47.8 Å². The van der Waals surface area contributed by atoms with Crippen LogP contribution in [0.2, 0.25) is 0 Å². The first-order chi connectivity index (χ1) is 28.0. The molecule has 1 aliphatic rings. The van der Waals surface area contributed by atoms with Crippen LogP contribution in [0.4, 0.5) is 15.3 Å². The minimum Gasteiger partial charge on any atom is -0.460 e. The van der Waals surface area contributed by atoms with E-state index in [1.165, 1.54) is 4.90 Å². The number of carbonyl (C=O) groups is 7. The van der Waals surface area contributed by atoms with Gasteiger partial charge in [-0.2, -0.15) is 0 Å². The molecule has 4 atom stereocenters. The van der Waals surface area contributed by atoms with Gasteiger partial charge in [0.25, 0.3) is 0 Å². The number of nitrogens with two attached hydrogens (primary N) is 1. The number of esters is 1. The number of nitrogens with one attached hydrogen (secondary N) is 4. The summed E-state index contributed by atoms with van der Waals surface area (Å²) in [7, 11) is 0. The fraction of sp³-hybridized carbons (Fsp3) is 0.568. The van der Waals surface area contributed by atoms with Gasteiger partial charge in [0, 0.05) is 18.7 Å². The van der Waals surface area contributed by atoms with Gasteiger partial charge < -0.3 is 41.2 Å². The number of carbonyl (C=O) groups excluding carboxylic acids is 7. The molecule has 1 fully saturated rings. The Morgan fingerprint density at radius 1 is 0.717 bits per heavy atom. The fourth-order valence-electron chi connectivity index (χ4n) is 6.72. The monoisotopic (exact) mass is 836 g/mol. The number of hydrogen-bond acceptors (Lipinski definition) is 10. The van der Waals surface area contributed by atoms with Gasteiger partial charge in [-0.3, -0.25) is 28.9 Å². The van der Waals surface area contributed by atoms with Crippen LogP contribution in [-0.2, 0) is 51.2 Å². The Balaban J connectivity index is 1.62. The van der Waals surface area contributed by atoms with E-state index in [-0.39, 0.29) is 76.6 Å². The first-order valence-electron chi connectivity index (χ1n) is 20.3. The molecule has 6 N–H and O–H groups in total. The molecule has 1 saturated heterocycles. The zero-order chi connectivity index (χ0) is 44.8. The maximum Gasteiger partial charge on any atom is 0.407 e. The molecule has 0 saturated carbocycles. The number of primary amides is 1. The minimum atomic E-state index is -1.16. The summed E-state index contributed by atoms with van der Waals surface area (Å²) in [5, 5.41) is 10.6. The van der Waals surface area contributed by atoms with Crippen molar-refractivity contribution in [2.45, 2.75) is 100 Å². The Bertz CT molecular complexity index is 1770. The third kappa shape index (κ3) is 15.3. The number of benzene rings is 2. The predicted octanol–water partition coefficient (Wildman–Crippen LogP) is 4.70. The highest BCUT2D eigenvalue weighted by Gasteiger charge is 2.56. The van der Waals surface area contributed by atoms with Gasteiger partial charge in [-0.15, -0.1) is 0 Å². The van der Waals surface area contributed by atoms with Gasteiger partial charge in [-0.1, -0.05) is 84.0 Å². The van der Waals surface area contributed by atoms with Gasteiger partial charge in [0.1, 0.15) is 25.3 Å². The van der Waals surface area contributed by atoms with Crippen LogP contribution < -0.4 is 27.0 Å². The molecule has 2 unspecified atom stereocenters. The van der Waals surface area contributed by atoms with Crippen LogP contribution in [0.25, 0.3) is 0 Å². The average molecular weight is 837 g/mol. The van der Waals surface area contributed by atoms with Crippen molar-refractivity contribution in [2.24, 2.45) is 33.8 Å². The van der Waals surface area contributed by atoms with E-state index in [4.69, 9.17) is 19.9 Å². The summed E-state index contributed by atoms with van der Waals surface area (Å²) in [4.78, 5) is 91.8. The van der Waals surface area contributed by atoms with Crippen LogP contribution in [0, 0.1) is 28.1 Å². The minimum absolute atomic E-state index is 0.0325. The van der Waals surface area contributed by atoms with Gasteiger partial charge in [-0.25, -0.2) is 9.59 Å². The Labute approximate surface area is 353 Å². The third-order valence-electron chi connectivity index (χ3n) is 9.88. The third-order valence-corrected chi connectivity index (χ3v) is 9.88. The second kappa shape index (κ2) is 21.7. The molecular weight excluding hydrogens is 773 g/mol. The SMILES string of the molecule is CC(C)(C)C(=O)OCc1ccc(NC(=O)[C@H](CCCNC(N)=O)NC(=O)[C@@H](Cc2ccccc2)NC(=O)OCCOCCN2C(=O)C(C(C)(C)C)C(C(C)(C)C)C2=O)cc1. The molecule has 0 bridgehead atoms. The number of likely N-dealkylation sites (tertiary alicyclic amines) is 1. The van der Waals surface area contributed by atoms with Gasteiger partial charge in [0.05, 0.1) is 37.0 Å². The van der Waals surface area contributed by atoms with Crippen molar-refractivity contribution in [3.8, 4) is 0 Å². The smallest absolute Gasteiger partial charge is 0.407 e. The highest BCUT2D eigenvalue weighted by Crippen LogP contribution is 2.47. The quantitative estimate of drug-likeness (QED) is 0.0746. The number of amides is 7. The van der Waals surface area contributed by atoms with E-state index in [2.05, 4.69) is 21.3 Å². The highest BCUT2D eigenvalue weighted by atomic mass is 16.6. The largest absolute Gasteiger partial charge is 0.460 e. The molecule has 0 radical (unpaired) electrons. The first-order valence-corrected chi connectivity index (χ1v) is 20.3. The Kier molecular flexibility index (Phi) is 17.6. The van der Waals surface area contributed by atoms with Gasteiger partial charge >= 0.3 is 18.1 Å². The standard InChI is InChI=1S/C44H64N6O10/c1-42(2,3)33-34(43(4,5)6)38(54)50(37(33)53)22-23-58-24-25-59-41(57)49-32(26-28-14-11-10-12-15-28)36(52)48-31(16-13-21-46-40(45)56)35(51)47-30-19-17-29(18-20-30)27-60-39(55)44(7,8)9/h10-12,14-15,17-20,31-34H,13,16,21-27H2,1-9H3,(H,47,51)(H,48,52)(H,49,57)(H3,45,46,56)/t31-,32+,33?,34?/m0/s1. The summed E-state index contributed by atoms with van der Waals surface area (Å²) >= 11 is 0. The molecule has 16 heteroatoms. The van der Waals surface area contributed by atoms with Gasteiger partial charge in [0.15, 0.2) is 0 Å². The molecular formula is C44H64N6O10. The van der Waals surface area contributed by atoms with Crippen molar-refractivity contribution in [3.63, 3.8) is 0 Å². The second-order valence-electron chi connectivity index (χ2n) is 18.2. The second-order valence-corrected chi connectivity index (χ2v) is 18.2. The van der Waals surface area contributed by atoms with Crippen molar-refractivity contribution in [3.05, 3.63) is 65.7 Å². The summed E-state index contributed by atoms with van der Waals surface area (Å²) in [5.41, 5.74) is 5.59. The molecule has 0 aliphatic carbocycles. The maximum atomic E-state index is 13.8. The lowest BCUT2D eigenvalue weighted by Gasteiger charge is -2.35. The lowest BCUT2D eigenvalue weighted by molar-refractivity contribution is -0.154. The van der Waals surface area contributed by atoms with E-state index in [1.807, 2.05) is 47.6 Å². The van der Waals surface area contributed by atoms with Crippen LogP contribution >= 0.6 is 0 Å². The molecule has 3 rings (SSSR count). The molecule has 330 valence electrons. The van der Waals surface area contributed by atoms with Crippen molar-refractivity contribution >= 4 is 47.4 Å². The summed E-state index contributed by atoms with van der Waals surface area (Å²) in [6.45, 7) is 17.1. The van der Waals surface area contributed by atoms with E-state index in [0.29, 0.717) is 11.3 Å². The molecule has 1 heterocycles. The zero-order valence-corrected chi connectivity index (χ0v) is 36.5. The van der Waals surface area contributed by atoms with Crippen molar-refractivity contribution in [2.75, 3.05) is 38.2 Å². The summed E-state index contributed by atoms with van der Waals surface area (Å²) in [6.07, 6.45) is -0.436. The lowest BCUT2D eigenvalue weighted by atomic mass is 9.65. The Morgan fingerprint density at radius 3 is 1.87 bits per heavy atom. The van der Waals surface area contributed by atoms with Crippen LogP contribution in [-0.4, -0.2) is 91.6 Å². The van der Waals surface area contributed by atoms with Crippen molar-refractivity contribution in [1.29, 1.82) is 0 Å². The normalized spacial score (nSPS) is 16.7. The van der Waals surface area contributed by atoms with Gasteiger partial charge in [-0.05, 0) is 67.7 Å². The Morgan fingerprint density at radius 2 is 1.32 bits per heavy atom. The molecule has 7 amide bonds.